The van der Waals surface area contributed by atoms with Crippen LogP contribution in [0.1, 0.15) is 48.6 Å². The normalized spacial score (nSPS) is 13.3. The fourth-order valence-corrected chi connectivity index (χ4v) is 5.71. The molecule has 0 bridgehead atoms. The molecule has 0 saturated carbocycles. The summed E-state index contributed by atoms with van der Waals surface area (Å²) in [5, 5.41) is 12.6. The second kappa shape index (κ2) is 17.5. The van der Waals surface area contributed by atoms with Gasteiger partial charge in [0, 0.05) is 24.2 Å². The van der Waals surface area contributed by atoms with Crippen LogP contribution >= 0.6 is 0 Å². The Bertz CT molecular complexity index is 1640. The van der Waals surface area contributed by atoms with E-state index in [4.69, 9.17) is 14.5 Å². The maximum absolute atomic E-state index is 14.2. The molecule has 0 aromatic heterocycles. The number of hydrogen-bond donors (Lipinski definition) is 1. The molecule has 6 heteroatoms. The fraction of sp³-hybridized carbons (Fsp3) is 0.256. The van der Waals surface area contributed by atoms with Crippen molar-refractivity contribution >= 4 is 11.7 Å². The zero-order valence-electron chi connectivity index (χ0n) is 28.6. The molecule has 5 aromatic rings. The van der Waals surface area contributed by atoms with Crippen LogP contribution < -0.4 is 0 Å². The molecular weight excluding hydrogens is 608 g/mol. The number of nitrogens with zero attached hydrogens (tertiary/aromatic N) is 2. The summed E-state index contributed by atoms with van der Waals surface area (Å²) in [7, 11) is 0. The summed E-state index contributed by atoms with van der Waals surface area (Å²) in [4.78, 5) is 21.5. The summed E-state index contributed by atoms with van der Waals surface area (Å²) in [5.41, 5.74) is 4.63. The zero-order valence-corrected chi connectivity index (χ0v) is 28.6. The van der Waals surface area contributed by atoms with Gasteiger partial charge >= 0.3 is 5.97 Å². The zero-order chi connectivity index (χ0) is 34.5. The predicted octanol–water partition coefficient (Wildman–Crippen LogP) is 7.88. The largest absolute Gasteiger partial charge is 0.458 e. The molecule has 252 valence electrons. The van der Waals surface area contributed by atoms with E-state index < -0.39 is 29.8 Å². The minimum atomic E-state index is -1.29. The number of esters is 1. The predicted molar refractivity (Wildman–Crippen MR) is 196 cm³/mol. The van der Waals surface area contributed by atoms with Crippen molar-refractivity contribution in [3.05, 3.63) is 179 Å². The number of carbonyl (C=O) groups excluding carboxylic acids is 1. The molecule has 0 saturated heterocycles. The Balaban J connectivity index is 1.60. The van der Waals surface area contributed by atoms with Gasteiger partial charge < -0.3 is 14.6 Å². The van der Waals surface area contributed by atoms with E-state index in [9.17, 15) is 9.90 Å². The van der Waals surface area contributed by atoms with Gasteiger partial charge in [0.05, 0.1) is 25.0 Å². The number of ether oxygens (including phenoxy) is 2. The SMILES string of the molecule is CC(C)(C)OC(=O)[C@@H](N=C(c1ccccc1)c1ccccc1)[C@@H](O)[C@H](COCc1ccccc1)N(Cc1ccccc1)Cc1ccccc1. The molecule has 0 radical (unpaired) electrons. The highest BCUT2D eigenvalue weighted by Crippen LogP contribution is 2.24. The smallest absolute Gasteiger partial charge is 0.334 e. The number of aliphatic imine (C=N–C) groups is 1. The molecule has 3 atom stereocenters. The van der Waals surface area contributed by atoms with Gasteiger partial charge in [-0.1, -0.05) is 152 Å². The standard InChI is InChI=1S/C43H46N2O4/c1-43(2,3)49-42(47)40(44-39(36-25-15-7-16-26-36)37-27-17-8-18-28-37)41(46)38(32-48-31-35-23-13-6-14-24-35)45(29-33-19-9-4-10-20-33)30-34-21-11-5-12-22-34/h4-28,38,40-41,46H,29-32H2,1-3H3/t38-,40-,41-/m0/s1. The van der Waals surface area contributed by atoms with E-state index >= 15 is 0 Å². The lowest BCUT2D eigenvalue weighted by Gasteiger charge is -2.37. The van der Waals surface area contributed by atoms with E-state index in [0.29, 0.717) is 25.4 Å². The summed E-state index contributed by atoms with van der Waals surface area (Å²) in [6.45, 7) is 7.01. The van der Waals surface area contributed by atoms with Crippen LogP contribution in [0.3, 0.4) is 0 Å². The molecule has 0 amide bonds. The Morgan fingerprint density at radius 3 is 1.49 bits per heavy atom. The topological polar surface area (TPSA) is 71.4 Å². The first-order valence-corrected chi connectivity index (χ1v) is 16.8. The minimum absolute atomic E-state index is 0.149. The van der Waals surface area contributed by atoms with E-state index in [-0.39, 0.29) is 6.61 Å². The van der Waals surface area contributed by atoms with Gasteiger partial charge in [-0.05, 0) is 37.5 Å². The Morgan fingerprint density at radius 1 is 0.653 bits per heavy atom. The van der Waals surface area contributed by atoms with Gasteiger partial charge in [-0.15, -0.1) is 0 Å². The van der Waals surface area contributed by atoms with Crippen molar-refractivity contribution in [1.82, 2.24) is 4.90 Å². The number of rotatable bonds is 15. The first-order valence-electron chi connectivity index (χ1n) is 16.8. The van der Waals surface area contributed by atoms with Crippen molar-refractivity contribution in [1.29, 1.82) is 0 Å². The molecule has 0 fully saturated rings. The van der Waals surface area contributed by atoms with Crippen molar-refractivity contribution in [3.8, 4) is 0 Å². The molecule has 0 aliphatic rings. The highest BCUT2D eigenvalue weighted by atomic mass is 16.6. The Labute approximate surface area is 290 Å². The van der Waals surface area contributed by atoms with Crippen LogP contribution in [0.2, 0.25) is 0 Å². The van der Waals surface area contributed by atoms with Crippen LogP contribution in [0.5, 0.6) is 0 Å². The lowest BCUT2D eigenvalue weighted by atomic mass is 9.97. The third-order valence-corrected chi connectivity index (χ3v) is 8.05. The van der Waals surface area contributed by atoms with Gasteiger partial charge in [0.15, 0.2) is 6.04 Å². The molecule has 6 nitrogen and oxygen atoms in total. The van der Waals surface area contributed by atoms with E-state index in [0.717, 1.165) is 27.8 Å². The van der Waals surface area contributed by atoms with Gasteiger partial charge in [0.2, 0.25) is 0 Å². The van der Waals surface area contributed by atoms with Crippen LogP contribution in [-0.2, 0) is 34.0 Å². The third-order valence-electron chi connectivity index (χ3n) is 8.05. The fourth-order valence-electron chi connectivity index (χ4n) is 5.71. The van der Waals surface area contributed by atoms with Gasteiger partial charge in [0.25, 0.3) is 0 Å². The number of aliphatic hydroxyl groups excluding tert-OH is 1. The molecule has 5 rings (SSSR count). The van der Waals surface area contributed by atoms with Gasteiger partial charge in [0.1, 0.15) is 11.7 Å². The summed E-state index contributed by atoms with van der Waals surface area (Å²) >= 11 is 0. The van der Waals surface area contributed by atoms with Crippen LogP contribution in [-0.4, -0.2) is 52.1 Å². The Kier molecular flexibility index (Phi) is 12.7. The van der Waals surface area contributed by atoms with Crippen LogP contribution in [0.25, 0.3) is 0 Å². The maximum atomic E-state index is 14.2. The van der Waals surface area contributed by atoms with Crippen LogP contribution in [0, 0.1) is 0 Å². The molecule has 5 aromatic carbocycles. The monoisotopic (exact) mass is 654 g/mol. The molecule has 0 aliphatic carbocycles. The lowest BCUT2D eigenvalue weighted by molar-refractivity contribution is -0.161. The van der Waals surface area contributed by atoms with Gasteiger partial charge in [-0.3, -0.25) is 9.89 Å². The maximum Gasteiger partial charge on any atom is 0.334 e. The molecule has 0 aliphatic heterocycles. The van der Waals surface area contributed by atoms with E-state index in [1.165, 1.54) is 0 Å². The average molecular weight is 655 g/mol. The van der Waals surface area contributed by atoms with Crippen molar-refractivity contribution in [2.45, 2.75) is 64.3 Å². The summed E-state index contributed by atoms with van der Waals surface area (Å²) < 4.78 is 12.3. The second-order valence-electron chi connectivity index (χ2n) is 13.1. The minimum Gasteiger partial charge on any atom is -0.458 e. The van der Waals surface area contributed by atoms with Crippen LogP contribution in [0.4, 0.5) is 0 Å². The first-order chi connectivity index (χ1) is 23.8. The van der Waals surface area contributed by atoms with E-state index in [1.807, 2.05) is 148 Å². The molecule has 0 heterocycles. The molecule has 0 unspecified atom stereocenters. The summed E-state index contributed by atoms with van der Waals surface area (Å²) in [5.74, 6) is -0.600. The molecular formula is C43H46N2O4. The number of benzene rings is 5. The summed E-state index contributed by atoms with van der Waals surface area (Å²) in [6.07, 6.45) is -1.29. The van der Waals surface area contributed by atoms with E-state index in [2.05, 4.69) is 29.2 Å². The van der Waals surface area contributed by atoms with Crippen molar-refractivity contribution in [3.63, 3.8) is 0 Å². The Morgan fingerprint density at radius 2 is 1.06 bits per heavy atom. The molecule has 1 N–H and O–H groups in total. The number of hydrogen-bond acceptors (Lipinski definition) is 6. The van der Waals surface area contributed by atoms with Crippen molar-refractivity contribution < 1.29 is 19.4 Å². The second-order valence-corrected chi connectivity index (χ2v) is 13.1. The summed E-state index contributed by atoms with van der Waals surface area (Å²) in [6, 6.07) is 47.8. The van der Waals surface area contributed by atoms with Crippen LogP contribution in [0.15, 0.2) is 157 Å². The van der Waals surface area contributed by atoms with Crippen molar-refractivity contribution in [2.24, 2.45) is 4.99 Å². The third kappa shape index (κ3) is 10.8. The quantitative estimate of drug-likeness (QED) is 0.0919. The highest BCUT2D eigenvalue weighted by Gasteiger charge is 2.39. The van der Waals surface area contributed by atoms with Gasteiger partial charge in [-0.2, -0.15) is 0 Å². The molecule has 49 heavy (non-hydrogen) atoms. The van der Waals surface area contributed by atoms with Crippen molar-refractivity contribution in [2.75, 3.05) is 6.61 Å². The Hall–Kier alpha value is -4.88. The number of aliphatic hydroxyl groups is 1. The number of carbonyl (C=O) groups is 1. The average Bonchev–Trinajstić information content (AvgIpc) is 3.11. The lowest BCUT2D eigenvalue weighted by Crippen LogP contribution is -2.53. The van der Waals surface area contributed by atoms with E-state index in [1.54, 1.807) is 0 Å². The highest BCUT2D eigenvalue weighted by molar-refractivity contribution is 6.13. The molecule has 0 spiro atoms. The van der Waals surface area contributed by atoms with Gasteiger partial charge in [-0.25, -0.2) is 4.79 Å². The first kappa shape index (κ1) is 35.4.